The Kier molecular flexibility index (Phi) is 4.35. The minimum Gasteiger partial charge on any atom is -0.313 e. The topological polar surface area (TPSA) is 46.2 Å². The lowest BCUT2D eigenvalue weighted by Crippen LogP contribution is -2.12. The van der Waals surface area contributed by atoms with Crippen LogP contribution in [0.1, 0.15) is 24.9 Å². The minimum absolute atomic E-state index is 0.218. The summed E-state index contributed by atoms with van der Waals surface area (Å²) in [5.41, 5.74) is 1.24. The molecule has 1 aliphatic heterocycles. The normalized spacial score (nSPS) is 24.0. The second kappa shape index (κ2) is 5.63. The second-order valence-electron chi connectivity index (χ2n) is 4.73. The molecule has 0 bridgehead atoms. The van der Waals surface area contributed by atoms with Crippen molar-refractivity contribution in [3.8, 4) is 0 Å². The molecule has 3 nitrogen and oxygen atoms in total. The number of thioether (sulfide) groups is 1. The molecule has 1 aromatic rings. The molecule has 5 heteroatoms. The van der Waals surface area contributed by atoms with E-state index < -0.39 is 9.84 Å². The molecule has 0 amide bonds. The maximum Gasteiger partial charge on any atom is 0.151 e. The Morgan fingerprint density at radius 3 is 2.83 bits per heavy atom. The van der Waals surface area contributed by atoms with Gasteiger partial charge in [-0.05, 0) is 38.1 Å². The summed E-state index contributed by atoms with van der Waals surface area (Å²) in [6.45, 7) is 2.11. The third kappa shape index (κ3) is 3.49. The fourth-order valence-electron chi connectivity index (χ4n) is 2.07. The first-order valence-electron chi connectivity index (χ1n) is 6.14. The minimum atomic E-state index is -2.78. The van der Waals surface area contributed by atoms with Crippen molar-refractivity contribution >= 4 is 21.6 Å². The first-order valence-corrected chi connectivity index (χ1v) is 8.84. The van der Waals surface area contributed by atoms with E-state index in [1.165, 1.54) is 5.56 Å². The summed E-state index contributed by atoms with van der Waals surface area (Å²) in [6, 6.07) is 8.65. The molecular weight excluding hydrogens is 266 g/mol. The number of benzene rings is 1. The monoisotopic (exact) mass is 285 g/mol. The quantitative estimate of drug-likeness (QED) is 0.921. The van der Waals surface area contributed by atoms with Gasteiger partial charge in [0, 0.05) is 16.2 Å². The van der Waals surface area contributed by atoms with Crippen molar-refractivity contribution in [2.24, 2.45) is 0 Å². The first-order chi connectivity index (χ1) is 8.50. The highest BCUT2D eigenvalue weighted by molar-refractivity contribution is 8.01. The molecule has 0 aromatic heterocycles. The molecule has 1 saturated heterocycles. The summed E-state index contributed by atoms with van der Waals surface area (Å²) in [4.78, 5) is 1.16. The lowest BCUT2D eigenvalue weighted by Gasteiger charge is -2.13. The van der Waals surface area contributed by atoms with Gasteiger partial charge < -0.3 is 5.32 Å². The molecule has 0 radical (unpaired) electrons. The van der Waals surface area contributed by atoms with Gasteiger partial charge in [0.2, 0.25) is 0 Å². The lowest BCUT2D eigenvalue weighted by molar-refractivity contribution is 0.602. The number of nitrogens with one attached hydrogen (secondary N) is 1. The van der Waals surface area contributed by atoms with Gasteiger partial charge in [-0.3, -0.25) is 0 Å². The van der Waals surface area contributed by atoms with E-state index in [0.717, 1.165) is 11.3 Å². The molecule has 1 heterocycles. The Hall–Kier alpha value is -0.520. The summed E-state index contributed by atoms with van der Waals surface area (Å²) < 4.78 is 22.9. The van der Waals surface area contributed by atoms with Crippen molar-refractivity contribution in [2.45, 2.75) is 29.5 Å². The summed E-state index contributed by atoms with van der Waals surface area (Å²) in [7, 11) is -0.841. The number of sulfone groups is 1. The van der Waals surface area contributed by atoms with Crippen molar-refractivity contribution in [2.75, 3.05) is 18.6 Å². The van der Waals surface area contributed by atoms with E-state index in [1.54, 1.807) is 11.8 Å². The number of rotatable bonds is 4. The van der Waals surface area contributed by atoms with Gasteiger partial charge in [-0.1, -0.05) is 12.1 Å². The largest absolute Gasteiger partial charge is 0.313 e. The van der Waals surface area contributed by atoms with Crippen LogP contribution in [-0.4, -0.2) is 32.2 Å². The van der Waals surface area contributed by atoms with E-state index in [2.05, 4.69) is 30.4 Å². The molecule has 0 saturated carbocycles. The predicted octanol–water partition coefficient (Wildman–Crippen LogP) is 2.25. The van der Waals surface area contributed by atoms with Gasteiger partial charge in [-0.2, -0.15) is 0 Å². The van der Waals surface area contributed by atoms with Crippen LogP contribution in [0.2, 0.25) is 0 Å². The molecule has 2 unspecified atom stereocenters. The van der Waals surface area contributed by atoms with E-state index in [9.17, 15) is 8.42 Å². The zero-order chi connectivity index (χ0) is 13.2. The van der Waals surface area contributed by atoms with E-state index in [-0.39, 0.29) is 5.25 Å². The Balaban J connectivity index is 2.06. The molecule has 1 aliphatic rings. The molecule has 2 atom stereocenters. The Morgan fingerprint density at radius 2 is 2.22 bits per heavy atom. The Bertz CT molecular complexity index is 513. The van der Waals surface area contributed by atoms with Crippen LogP contribution in [0.3, 0.4) is 0 Å². The summed E-state index contributed by atoms with van der Waals surface area (Å²) in [5, 5.41) is 3.43. The smallest absolute Gasteiger partial charge is 0.151 e. The molecule has 1 aromatic carbocycles. The van der Waals surface area contributed by atoms with Crippen LogP contribution in [0.15, 0.2) is 29.2 Å². The lowest BCUT2D eigenvalue weighted by atomic mass is 10.1. The van der Waals surface area contributed by atoms with Gasteiger partial charge in [-0.25, -0.2) is 8.42 Å². The standard InChI is InChI=1S/C13H19NO2S2/c1-10(14-2)11-4-3-5-12(8-11)17-13-6-7-18(15,16)9-13/h3-5,8,10,13-14H,6-7,9H2,1-2H3. The average Bonchev–Trinajstić information content (AvgIpc) is 2.68. The highest BCUT2D eigenvalue weighted by atomic mass is 32.2. The summed E-state index contributed by atoms with van der Waals surface area (Å²) in [5.74, 6) is 0.667. The molecule has 0 aliphatic carbocycles. The molecule has 1 N–H and O–H groups in total. The van der Waals surface area contributed by atoms with Gasteiger partial charge in [0.25, 0.3) is 0 Å². The van der Waals surface area contributed by atoms with Gasteiger partial charge in [0.15, 0.2) is 9.84 Å². The van der Waals surface area contributed by atoms with Crippen LogP contribution in [0.4, 0.5) is 0 Å². The maximum atomic E-state index is 11.4. The van der Waals surface area contributed by atoms with Crippen LogP contribution in [-0.2, 0) is 9.84 Å². The maximum absolute atomic E-state index is 11.4. The van der Waals surface area contributed by atoms with E-state index in [0.29, 0.717) is 17.5 Å². The molecule has 1 fully saturated rings. The number of hydrogen-bond donors (Lipinski definition) is 1. The van der Waals surface area contributed by atoms with E-state index in [4.69, 9.17) is 0 Å². The Labute approximate surface area is 113 Å². The average molecular weight is 285 g/mol. The van der Waals surface area contributed by atoms with E-state index in [1.807, 2.05) is 13.1 Å². The van der Waals surface area contributed by atoms with Crippen molar-refractivity contribution < 1.29 is 8.42 Å². The second-order valence-corrected chi connectivity index (χ2v) is 8.33. The zero-order valence-corrected chi connectivity index (χ0v) is 12.4. The molecule has 18 heavy (non-hydrogen) atoms. The third-order valence-corrected chi connectivity index (χ3v) is 6.53. The van der Waals surface area contributed by atoms with Gasteiger partial charge in [0.1, 0.15) is 0 Å². The SMILES string of the molecule is CNC(C)c1cccc(SC2CCS(=O)(=O)C2)c1. The third-order valence-electron chi connectivity index (χ3n) is 3.28. The fourth-order valence-corrected chi connectivity index (χ4v) is 5.64. The van der Waals surface area contributed by atoms with Crippen LogP contribution in [0.5, 0.6) is 0 Å². The summed E-state index contributed by atoms with van der Waals surface area (Å²) in [6.07, 6.45) is 0.777. The Morgan fingerprint density at radius 1 is 1.44 bits per heavy atom. The number of hydrogen-bond acceptors (Lipinski definition) is 4. The van der Waals surface area contributed by atoms with Gasteiger partial charge in [0.05, 0.1) is 11.5 Å². The van der Waals surface area contributed by atoms with Crippen LogP contribution in [0, 0.1) is 0 Å². The van der Waals surface area contributed by atoms with Crippen LogP contribution < -0.4 is 5.32 Å². The molecule has 2 rings (SSSR count). The van der Waals surface area contributed by atoms with Gasteiger partial charge in [-0.15, -0.1) is 11.8 Å². The highest BCUT2D eigenvalue weighted by Crippen LogP contribution is 2.32. The first kappa shape index (κ1) is 13.9. The fraction of sp³-hybridized carbons (Fsp3) is 0.538. The molecule has 100 valence electrons. The van der Waals surface area contributed by atoms with Crippen molar-refractivity contribution in [1.82, 2.24) is 5.32 Å². The van der Waals surface area contributed by atoms with Gasteiger partial charge >= 0.3 is 0 Å². The molecular formula is C13H19NO2S2. The molecule has 0 spiro atoms. The van der Waals surface area contributed by atoms with Crippen molar-refractivity contribution in [3.63, 3.8) is 0 Å². The van der Waals surface area contributed by atoms with E-state index >= 15 is 0 Å². The zero-order valence-electron chi connectivity index (χ0n) is 10.7. The van der Waals surface area contributed by atoms with Crippen molar-refractivity contribution in [3.05, 3.63) is 29.8 Å². The highest BCUT2D eigenvalue weighted by Gasteiger charge is 2.28. The summed E-state index contributed by atoms with van der Waals surface area (Å²) >= 11 is 1.69. The predicted molar refractivity (Wildman–Crippen MR) is 76.8 cm³/mol. The van der Waals surface area contributed by atoms with Crippen LogP contribution >= 0.6 is 11.8 Å². The van der Waals surface area contributed by atoms with Crippen molar-refractivity contribution in [1.29, 1.82) is 0 Å². The van der Waals surface area contributed by atoms with Crippen LogP contribution in [0.25, 0.3) is 0 Å².